The van der Waals surface area contributed by atoms with Crippen molar-refractivity contribution in [3.05, 3.63) is 68.2 Å². The Morgan fingerprint density at radius 3 is 2.37 bits per heavy atom. The zero-order valence-electron chi connectivity index (χ0n) is 16.4. The highest BCUT2D eigenvalue weighted by atomic mass is 35.5. The second kappa shape index (κ2) is 11.8. The number of methoxy groups -OCH3 is 2. The molecule has 0 aliphatic heterocycles. The lowest BCUT2D eigenvalue weighted by atomic mass is 10.0. The number of rotatable bonds is 9. The van der Waals surface area contributed by atoms with Crippen molar-refractivity contribution in [1.29, 1.82) is 0 Å². The number of carbonyl (C=O) groups excluding carboxylic acids is 1. The summed E-state index contributed by atoms with van der Waals surface area (Å²) in [6.45, 7) is 0.0857. The molecule has 2 aromatic carbocycles. The van der Waals surface area contributed by atoms with Crippen LogP contribution in [0.15, 0.2) is 46.7 Å². The summed E-state index contributed by atoms with van der Waals surface area (Å²) in [5.74, 6) is -0.683. The van der Waals surface area contributed by atoms with E-state index in [4.69, 9.17) is 54.0 Å². The van der Waals surface area contributed by atoms with E-state index in [9.17, 15) is 4.79 Å². The number of ether oxygens (including phenoxy) is 2. The number of carbonyl (C=O) groups is 1. The standard InChI is InChI=1S/C20H19Cl3N2O5/c1-27-11-18(14-8-7-12(21)9-17(14)23)24-30-10-15-13(5-4-6-16(15)22)19(25-29-3)20(26)28-2/h4-9H,10-11H2,1-3H3/b24-18+,25-19+. The van der Waals surface area contributed by atoms with Crippen LogP contribution >= 0.6 is 34.8 Å². The summed E-state index contributed by atoms with van der Waals surface area (Å²) in [4.78, 5) is 22.4. The van der Waals surface area contributed by atoms with Gasteiger partial charge >= 0.3 is 5.97 Å². The average Bonchev–Trinajstić information content (AvgIpc) is 2.72. The fourth-order valence-electron chi connectivity index (χ4n) is 2.50. The van der Waals surface area contributed by atoms with E-state index in [2.05, 4.69) is 10.3 Å². The predicted octanol–water partition coefficient (Wildman–Crippen LogP) is 4.74. The number of hydrogen-bond donors (Lipinski definition) is 0. The van der Waals surface area contributed by atoms with Gasteiger partial charge in [0.15, 0.2) is 5.71 Å². The molecule has 0 aromatic heterocycles. The highest BCUT2D eigenvalue weighted by molar-refractivity contribution is 6.44. The Labute approximate surface area is 189 Å². The lowest BCUT2D eigenvalue weighted by molar-refractivity contribution is -0.132. The summed E-state index contributed by atoms with van der Waals surface area (Å²) in [5, 5.41) is 9.14. The van der Waals surface area contributed by atoms with Gasteiger partial charge in [0.05, 0.1) is 18.7 Å². The number of esters is 1. The van der Waals surface area contributed by atoms with E-state index in [1.54, 1.807) is 36.4 Å². The van der Waals surface area contributed by atoms with Gasteiger partial charge in [0.2, 0.25) is 0 Å². The molecule has 0 saturated carbocycles. The molecule has 0 spiro atoms. The SMILES string of the molecule is COC/C(=N\OCc1c(Cl)cccc1/C(=N\OC)C(=O)OC)c1ccc(Cl)cc1Cl. The van der Waals surface area contributed by atoms with Crippen LogP contribution < -0.4 is 0 Å². The molecule has 2 rings (SSSR count). The molecule has 30 heavy (non-hydrogen) atoms. The summed E-state index contributed by atoms with van der Waals surface area (Å²) in [6.07, 6.45) is 0. The van der Waals surface area contributed by atoms with Crippen molar-refractivity contribution in [1.82, 2.24) is 0 Å². The highest BCUT2D eigenvalue weighted by Gasteiger charge is 2.21. The summed E-state index contributed by atoms with van der Waals surface area (Å²) in [5.41, 5.74) is 1.88. The van der Waals surface area contributed by atoms with Crippen molar-refractivity contribution in [2.75, 3.05) is 27.9 Å². The number of halogens is 3. The Hall–Kier alpha value is -2.32. The topological polar surface area (TPSA) is 78.7 Å². The van der Waals surface area contributed by atoms with E-state index in [1.165, 1.54) is 21.3 Å². The maximum atomic E-state index is 12.1. The van der Waals surface area contributed by atoms with Crippen LogP contribution in [0.3, 0.4) is 0 Å². The first-order valence-corrected chi connectivity index (χ1v) is 9.66. The largest absolute Gasteiger partial charge is 0.464 e. The van der Waals surface area contributed by atoms with Gasteiger partial charge in [-0.25, -0.2) is 4.79 Å². The van der Waals surface area contributed by atoms with Gasteiger partial charge in [0.25, 0.3) is 0 Å². The average molecular weight is 474 g/mol. The number of nitrogens with zero attached hydrogens (tertiary/aromatic N) is 2. The van der Waals surface area contributed by atoms with E-state index in [0.29, 0.717) is 37.5 Å². The molecular formula is C20H19Cl3N2O5. The Bertz CT molecular complexity index is 963. The van der Waals surface area contributed by atoms with Crippen molar-refractivity contribution < 1.29 is 23.9 Å². The second-order valence-corrected chi connectivity index (χ2v) is 7.00. The lowest BCUT2D eigenvalue weighted by Crippen LogP contribution is -2.19. The summed E-state index contributed by atoms with van der Waals surface area (Å²) in [7, 11) is 4.08. The molecular weight excluding hydrogens is 455 g/mol. The molecule has 2 aromatic rings. The summed E-state index contributed by atoms with van der Waals surface area (Å²) in [6, 6.07) is 9.97. The molecule has 0 unspecified atom stereocenters. The predicted molar refractivity (Wildman–Crippen MR) is 117 cm³/mol. The zero-order valence-corrected chi connectivity index (χ0v) is 18.7. The number of benzene rings is 2. The van der Waals surface area contributed by atoms with Gasteiger partial charge < -0.3 is 19.1 Å². The van der Waals surface area contributed by atoms with Gasteiger partial charge in [-0.2, -0.15) is 0 Å². The molecule has 0 atom stereocenters. The summed E-state index contributed by atoms with van der Waals surface area (Å²) >= 11 is 18.5. The molecule has 0 bridgehead atoms. The fourth-order valence-corrected chi connectivity index (χ4v) is 3.25. The van der Waals surface area contributed by atoms with E-state index < -0.39 is 5.97 Å². The Kier molecular flexibility index (Phi) is 9.39. The minimum atomic E-state index is -0.683. The first-order chi connectivity index (χ1) is 14.4. The van der Waals surface area contributed by atoms with Crippen molar-refractivity contribution in [3.63, 3.8) is 0 Å². The Morgan fingerprint density at radius 2 is 1.73 bits per heavy atom. The third-order valence-corrected chi connectivity index (χ3v) is 4.74. The quantitative estimate of drug-likeness (QED) is 0.299. The van der Waals surface area contributed by atoms with Crippen LogP contribution in [0.2, 0.25) is 15.1 Å². The Balaban J connectivity index is 2.35. The number of oxime groups is 2. The van der Waals surface area contributed by atoms with Crippen LogP contribution in [0, 0.1) is 0 Å². The van der Waals surface area contributed by atoms with Crippen LogP contribution in [0.4, 0.5) is 0 Å². The first kappa shape index (κ1) is 24.0. The van der Waals surface area contributed by atoms with E-state index in [1.807, 2.05) is 0 Å². The van der Waals surface area contributed by atoms with Gasteiger partial charge in [-0.15, -0.1) is 0 Å². The van der Waals surface area contributed by atoms with E-state index in [0.717, 1.165) is 0 Å². The van der Waals surface area contributed by atoms with Gasteiger partial charge in [0, 0.05) is 33.8 Å². The van der Waals surface area contributed by atoms with Crippen molar-refractivity contribution in [2.24, 2.45) is 10.3 Å². The number of hydrogen-bond acceptors (Lipinski definition) is 7. The molecule has 0 aliphatic rings. The van der Waals surface area contributed by atoms with Crippen molar-refractivity contribution in [2.45, 2.75) is 6.61 Å². The minimum absolute atomic E-state index is 0.0528. The Morgan fingerprint density at radius 1 is 0.967 bits per heavy atom. The normalized spacial score (nSPS) is 11.9. The van der Waals surface area contributed by atoms with Crippen molar-refractivity contribution in [3.8, 4) is 0 Å². The molecule has 0 heterocycles. The van der Waals surface area contributed by atoms with Gasteiger partial charge in [-0.1, -0.05) is 57.2 Å². The van der Waals surface area contributed by atoms with Crippen LogP contribution in [0.25, 0.3) is 0 Å². The molecule has 10 heteroatoms. The van der Waals surface area contributed by atoms with Gasteiger partial charge in [0.1, 0.15) is 19.4 Å². The molecule has 0 N–H and O–H groups in total. The molecule has 0 saturated heterocycles. The monoisotopic (exact) mass is 472 g/mol. The third-order valence-electron chi connectivity index (χ3n) is 3.84. The second-order valence-electron chi connectivity index (χ2n) is 5.75. The van der Waals surface area contributed by atoms with Crippen LogP contribution in [-0.4, -0.2) is 45.3 Å². The maximum absolute atomic E-state index is 12.1. The van der Waals surface area contributed by atoms with Crippen LogP contribution in [0.1, 0.15) is 16.7 Å². The highest BCUT2D eigenvalue weighted by Crippen LogP contribution is 2.24. The van der Waals surface area contributed by atoms with Crippen molar-refractivity contribution >= 4 is 52.2 Å². The first-order valence-electron chi connectivity index (χ1n) is 8.53. The molecule has 0 aliphatic carbocycles. The molecule has 7 nitrogen and oxygen atoms in total. The molecule has 0 amide bonds. The van der Waals surface area contributed by atoms with E-state index >= 15 is 0 Å². The molecule has 0 radical (unpaired) electrons. The zero-order chi connectivity index (χ0) is 22.1. The van der Waals surface area contributed by atoms with Crippen LogP contribution in [0.5, 0.6) is 0 Å². The smallest absolute Gasteiger partial charge is 0.360 e. The van der Waals surface area contributed by atoms with Crippen LogP contribution in [-0.2, 0) is 30.6 Å². The minimum Gasteiger partial charge on any atom is -0.464 e. The fraction of sp³-hybridized carbons (Fsp3) is 0.250. The molecule has 0 fully saturated rings. The lowest BCUT2D eigenvalue weighted by Gasteiger charge is -2.12. The van der Waals surface area contributed by atoms with Gasteiger partial charge in [-0.05, 0) is 24.3 Å². The maximum Gasteiger partial charge on any atom is 0.360 e. The summed E-state index contributed by atoms with van der Waals surface area (Å²) < 4.78 is 9.95. The third kappa shape index (κ3) is 6.09. The van der Waals surface area contributed by atoms with Gasteiger partial charge in [-0.3, -0.25) is 0 Å². The molecule has 160 valence electrons. The van der Waals surface area contributed by atoms with E-state index in [-0.39, 0.29) is 18.9 Å².